The van der Waals surface area contributed by atoms with E-state index in [0.29, 0.717) is 35.1 Å². The van der Waals surface area contributed by atoms with Gasteiger partial charge in [-0.1, -0.05) is 13.8 Å². The zero-order valence-corrected chi connectivity index (χ0v) is 19.1. The molecular formula is C24H31NO6. The van der Waals surface area contributed by atoms with Crippen LogP contribution in [-0.4, -0.2) is 23.7 Å². The predicted octanol–water partition coefficient (Wildman–Crippen LogP) is 4.43. The summed E-state index contributed by atoms with van der Waals surface area (Å²) in [5.74, 6) is -0.0879. The molecule has 1 atom stereocenters. The molecule has 0 unspecified atom stereocenters. The fourth-order valence-electron chi connectivity index (χ4n) is 3.90. The molecule has 7 nitrogen and oxygen atoms in total. The van der Waals surface area contributed by atoms with Crippen LogP contribution in [0.4, 0.5) is 4.79 Å². The zero-order chi connectivity index (χ0) is 22.9. The van der Waals surface area contributed by atoms with Crippen LogP contribution in [0, 0.1) is 12.8 Å². The van der Waals surface area contributed by atoms with Crippen molar-refractivity contribution in [3.05, 3.63) is 39.2 Å². The van der Waals surface area contributed by atoms with Crippen molar-refractivity contribution in [1.82, 2.24) is 5.32 Å². The number of carbonyl (C=O) groups excluding carboxylic acids is 2. The molecular weight excluding hydrogens is 398 g/mol. The molecule has 31 heavy (non-hydrogen) atoms. The van der Waals surface area contributed by atoms with Gasteiger partial charge >= 0.3 is 17.7 Å². The number of fused-ring (bicyclic) bond motifs is 3. The van der Waals surface area contributed by atoms with Crippen molar-refractivity contribution in [2.24, 2.45) is 5.92 Å². The SMILES string of the molecule is Cc1cc(OC(=O)[C@H](CC(C)C)NC(=O)OC(C)(C)C)c2c3c(c(=O)oc2c1)CCC3. The number of alkyl carbamates (subject to hydrolysis) is 1. The first-order valence-electron chi connectivity index (χ1n) is 10.7. The fourth-order valence-corrected chi connectivity index (χ4v) is 3.90. The molecule has 0 saturated heterocycles. The lowest BCUT2D eigenvalue weighted by molar-refractivity contribution is -0.137. The second-order valence-corrected chi connectivity index (χ2v) is 9.59. The summed E-state index contributed by atoms with van der Waals surface area (Å²) >= 11 is 0. The first-order chi connectivity index (χ1) is 14.4. The van der Waals surface area contributed by atoms with Gasteiger partial charge in [0.2, 0.25) is 0 Å². The van der Waals surface area contributed by atoms with Gasteiger partial charge in [0.25, 0.3) is 0 Å². The van der Waals surface area contributed by atoms with Gasteiger partial charge in [-0.2, -0.15) is 0 Å². The molecule has 2 aromatic rings. The minimum atomic E-state index is -0.866. The van der Waals surface area contributed by atoms with Gasteiger partial charge in [-0.15, -0.1) is 0 Å². The maximum Gasteiger partial charge on any atom is 0.408 e. The maximum atomic E-state index is 13.1. The standard InChI is InChI=1S/C24H31NO6/c1-13(2)10-17(25-23(28)31-24(4,5)6)22(27)30-19-12-14(3)11-18-20(19)15-8-7-9-16(15)21(26)29-18/h11-13,17H,7-10H2,1-6H3,(H,25,28)/t17-/m0/s1. The number of nitrogens with one attached hydrogen (secondary N) is 1. The fraction of sp³-hybridized carbons (Fsp3) is 0.542. The topological polar surface area (TPSA) is 94.8 Å². The van der Waals surface area contributed by atoms with Gasteiger partial charge in [-0.25, -0.2) is 14.4 Å². The van der Waals surface area contributed by atoms with Crippen LogP contribution in [0.15, 0.2) is 21.3 Å². The van der Waals surface area contributed by atoms with E-state index in [4.69, 9.17) is 13.9 Å². The highest BCUT2D eigenvalue weighted by molar-refractivity contribution is 5.92. The zero-order valence-electron chi connectivity index (χ0n) is 19.1. The van der Waals surface area contributed by atoms with Crippen molar-refractivity contribution >= 4 is 23.0 Å². The molecule has 0 aliphatic heterocycles. The molecule has 0 bridgehead atoms. The molecule has 1 heterocycles. The number of carbonyl (C=O) groups is 2. The summed E-state index contributed by atoms with van der Waals surface area (Å²) in [4.78, 5) is 37.7. The number of aryl methyl sites for hydroxylation is 2. The van der Waals surface area contributed by atoms with Gasteiger partial charge in [-0.05, 0) is 82.6 Å². The van der Waals surface area contributed by atoms with E-state index < -0.39 is 23.7 Å². The number of amides is 1. The molecule has 0 saturated carbocycles. The van der Waals surface area contributed by atoms with Gasteiger partial charge in [0, 0.05) is 5.56 Å². The summed E-state index contributed by atoms with van der Waals surface area (Å²) in [6, 6.07) is 2.67. The van der Waals surface area contributed by atoms with Gasteiger partial charge in [0.05, 0.1) is 5.39 Å². The molecule has 1 aromatic heterocycles. The highest BCUT2D eigenvalue weighted by atomic mass is 16.6. The van der Waals surface area contributed by atoms with E-state index in [2.05, 4.69) is 5.32 Å². The van der Waals surface area contributed by atoms with E-state index in [1.54, 1.807) is 32.9 Å². The van der Waals surface area contributed by atoms with Crippen molar-refractivity contribution in [1.29, 1.82) is 0 Å². The van der Waals surface area contributed by atoms with E-state index in [0.717, 1.165) is 24.0 Å². The van der Waals surface area contributed by atoms with Crippen LogP contribution in [0.3, 0.4) is 0 Å². The maximum absolute atomic E-state index is 13.1. The highest BCUT2D eigenvalue weighted by Crippen LogP contribution is 2.35. The van der Waals surface area contributed by atoms with Gasteiger partial charge in [0.15, 0.2) is 0 Å². The summed E-state index contributed by atoms with van der Waals surface area (Å²) in [7, 11) is 0. The third-order valence-corrected chi connectivity index (χ3v) is 5.07. The van der Waals surface area contributed by atoms with Gasteiger partial charge in [0.1, 0.15) is 23.0 Å². The van der Waals surface area contributed by atoms with Crippen molar-refractivity contribution in [2.75, 3.05) is 0 Å². The Bertz CT molecular complexity index is 1060. The quantitative estimate of drug-likeness (QED) is 0.429. The average Bonchev–Trinajstić information content (AvgIpc) is 3.08. The first-order valence-corrected chi connectivity index (χ1v) is 10.7. The molecule has 1 aliphatic rings. The Balaban J connectivity index is 1.94. The van der Waals surface area contributed by atoms with Crippen LogP contribution in [0.2, 0.25) is 0 Å². The van der Waals surface area contributed by atoms with Gasteiger partial charge in [-0.3, -0.25) is 0 Å². The van der Waals surface area contributed by atoms with Crippen molar-refractivity contribution in [3.63, 3.8) is 0 Å². The number of benzene rings is 1. The average molecular weight is 430 g/mol. The summed E-state index contributed by atoms with van der Waals surface area (Å²) in [6.45, 7) is 11.0. The lowest BCUT2D eigenvalue weighted by atomic mass is 10.0. The number of hydrogen-bond acceptors (Lipinski definition) is 6. The number of esters is 1. The lowest BCUT2D eigenvalue weighted by Gasteiger charge is -2.24. The smallest absolute Gasteiger partial charge is 0.408 e. The van der Waals surface area contributed by atoms with E-state index >= 15 is 0 Å². The monoisotopic (exact) mass is 429 g/mol. The first kappa shape index (κ1) is 22.8. The van der Waals surface area contributed by atoms with Crippen LogP contribution in [0.5, 0.6) is 5.75 Å². The Morgan fingerprint density at radius 2 is 1.84 bits per heavy atom. The van der Waals surface area contributed by atoms with Gasteiger partial charge < -0.3 is 19.2 Å². The Morgan fingerprint density at radius 1 is 1.16 bits per heavy atom. The Morgan fingerprint density at radius 3 is 2.48 bits per heavy atom. The van der Waals surface area contributed by atoms with E-state index in [1.165, 1.54) is 0 Å². The largest absolute Gasteiger partial charge is 0.444 e. The van der Waals surface area contributed by atoms with Crippen LogP contribution in [-0.2, 0) is 22.4 Å². The molecule has 7 heteroatoms. The normalized spacial score (nSPS) is 14.4. The van der Waals surface area contributed by atoms with Crippen LogP contribution in [0.25, 0.3) is 11.0 Å². The summed E-state index contributed by atoms with van der Waals surface area (Å²) in [5, 5.41) is 3.30. The predicted molar refractivity (Wildman–Crippen MR) is 117 cm³/mol. The molecule has 0 radical (unpaired) electrons. The minimum Gasteiger partial charge on any atom is -0.444 e. The van der Waals surface area contributed by atoms with Crippen molar-refractivity contribution in [3.8, 4) is 5.75 Å². The number of rotatable bonds is 5. The third kappa shape index (κ3) is 5.46. The third-order valence-electron chi connectivity index (χ3n) is 5.07. The van der Waals surface area contributed by atoms with Crippen molar-refractivity contribution in [2.45, 2.75) is 78.9 Å². The summed E-state index contributed by atoms with van der Waals surface area (Å²) in [6.07, 6.45) is 1.98. The molecule has 1 aliphatic carbocycles. The van der Waals surface area contributed by atoms with E-state index in [9.17, 15) is 14.4 Å². The second-order valence-electron chi connectivity index (χ2n) is 9.59. The molecule has 1 aromatic carbocycles. The number of ether oxygens (including phenoxy) is 2. The van der Waals surface area contributed by atoms with Crippen LogP contribution >= 0.6 is 0 Å². The number of hydrogen-bond donors (Lipinski definition) is 1. The van der Waals surface area contributed by atoms with Crippen LogP contribution < -0.4 is 15.7 Å². The summed E-state index contributed by atoms with van der Waals surface area (Å²) < 4.78 is 16.6. The second kappa shape index (κ2) is 8.73. The van der Waals surface area contributed by atoms with E-state index in [1.807, 2.05) is 20.8 Å². The summed E-state index contributed by atoms with van der Waals surface area (Å²) in [5.41, 5.74) is 1.74. The van der Waals surface area contributed by atoms with Crippen molar-refractivity contribution < 1.29 is 23.5 Å². The molecule has 0 fully saturated rings. The molecule has 0 spiro atoms. The van der Waals surface area contributed by atoms with E-state index in [-0.39, 0.29) is 11.5 Å². The molecule has 1 N–H and O–H groups in total. The minimum absolute atomic E-state index is 0.143. The Hall–Kier alpha value is -2.83. The molecule has 1 amide bonds. The molecule has 168 valence electrons. The van der Waals surface area contributed by atoms with Crippen LogP contribution in [0.1, 0.15) is 64.2 Å². The lowest BCUT2D eigenvalue weighted by Crippen LogP contribution is -2.45. The Kier molecular flexibility index (Phi) is 6.43. The molecule has 3 rings (SSSR count). The Labute approximate surface area is 182 Å². The highest BCUT2D eigenvalue weighted by Gasteiger charge is 2.29.